The normalized spacial score (nSPS) is 12.6. The van der Waals surface area contributed by atoms with Crippen molar-refractivity contribution < 1.29 is 23.9 Å². The monoisotopic (exact) mass is 499 g/mol. The maximum atomic E-state index is 12.9. The van der Waals surface area contributed by atoms with Crippen LogP contribution in [0.5, 0.6) is 0 Å². The van der Waals surface area contributed by atoms with Gasteiger partial charge in [0.25, 0.3) is 5.91 Å². The van der Waals surface area contributed by atoms with Crippen molar-refractivity contribution in [3.8, 4) is 0 Å². The van der Waals surface area contributed by atoms with Gasteiger partial charge in [-0.15, -0.1) is 22.7 Å². The lowest BCUT2D eigenvalue weighted by molar-refractivity contribution is -0.141. The number of hydrogen-bond acceptors (Lipinski definition) is 7. The number of amides is 1. The lowest BCUT2D eigenvalue weighted by Gasteiger charge is -2.18. The third-order valence-electron chi connectivity index (χ3n) is 5.38. The Morgan fingerprint density at radius 3 is 2.17 bits per heavy atom. The number of esters is 1. The minimum absolute atomic E-state index is 0.224. The van der Waals surface area contributed by atoms with Crippen molar-refractivity contribution in [1.82, 2.24) is 0 Å². The molecule has 2 aromatic heterocycles. The number of ether oxygens (including phenoxy) is 1. The van der Waals surface area contributed by atoms with E-state index in [4.69, 9.17) is 4.74 Å². The molecule has 4 aromatic rings. The van der Waals surface area contributed by atoms with Gasteiger partial charge in [0.1, 0.15) is 0 Å². The second kappa shape index (κ2) is 9.61. The van der Waals surface area contributed by atoms with Crippen LogP contribution in [-0.2, 0) is 14.3 Å². The number of anilines is 1. The highest BCUT2D eigenvalue weighted by Gasteiger charge is 2.29. The molecule has 0 saturated heterocycles. The average Bonchev–Trinajstić information content (AvgIpc) is 3.59. The summed E-state index contributed by atoms with van der Waals surface area (Å²) in [7, 11) is 0. The first-order valence-corrected chi connectivity index (χ1v) is 12.4. The Morgan fingerprint density at radius 1 is 0.800 bits per heavy atom. The predicted molar refractivity (Wildman–Crippen MR) is 136 cm³/mol. The Labute approximate surface area is 208 Å². The van der Waals surface area contributed by atoms with Crippen molar-refractivity contribution >= 4 is 63.5 Å². The molecule has 0 atom stereocenters. The summed E-state index contributed by atoms with van der Waals surface area (Å²) in [5.74, 6) is -1.69. The lowest BCUT2D eigenvalue weighted by atomic mass is 9.84. The van der Waals surface area contributed by atoms with Crippen molar-refractivity contribution in [2.24, 2.45) is 0 Å². The number of thiophene rings is 2. The van der Waals surface area contributed by atoms with Crippen molar-refractivity contribution in [3.63, 3.8) is 0 Å². The van der Waals surface area contributed by atoms with Crippen LogP contribution in [0, 0.1) is 0 Å². The first-order chi connectivity index (χ1) is 17.0. The van der Waals surface area contributed by atoms with E-state index in [2.05, 4.69) is 5.32 Å². The van der Waals surface area contributed by atoms with Gasteiger partial charge in [0.05, 0.1) is 5.57 Å². The summed E-state index contributed by atoms with van der Waals surface area (Å²) in [4.78, 5) is 52.5. The standard InChI is InChI=1S/C27H17NO5S2/c29-24(15-33-27(32)22(23-8-4-12-35-23)14-17-5-3-11-34-17)28-16-9-10-20-21(13-16)26(31)19-7-2-1-6-18(19)25(20)30/h1-14H,15H2,(H,28,29)/b22-14+. The van der Waals surface area contributed by atoms with Gasteiger partial charge in [-0.25, -0.2) is 4.79 Å². The number of carbonyl (C=O) groups is 4. The minimum atomic E-state index is -0.612. The Kier molecular flexibility index (Phi) is 6.22. The van der Waals surface area contributed by atoms with E-state index in [9.17, 15) is 19.2 Å². The summed E-state index contributed by atoms with van der Waals surface area (Å²) in [6.07, 6.45) is 1.74. The van der Waals surface area contributed by atoms with E-state index in [0.29, 0.717) is 22.4 Å². The van der Waals surface area contributed by atoms with Crippen LogP contribution in [0.3, 0.4) is 0 Å². The zero-order valence-corrected chi connectivity index (χ0v) is 19.8. The van der Waals surface area contributed by atoms with Crippen LogP contribution in [0.2, 0.25) is 0 Å². The van der Waals surface area contributed by atoms with E-state index >= 15 is 0 Å². The van der Waals surface area contributed by atoms with Gasteiger partial charge in [0.15, 0.2) is 18.2 Å². The zero-order valence-electron chi connectivity index (χ0n) is 18.1. The molecule has 6 nitrogen and oxygen atoms in total. The molecule has 5 rings (SSSR count). The number of ketones is 2. The van der Waals surface area contributed by atoms with E-state index in [1.165, 1.54) is 34.8 Å². The fraction of sp³-hybridized carbons (Fsp3) is 0.0370. The average molecular weight is 500 g/mol. The number of hydrogen-bond donors (Lipinski definition) is 1. The fourth-order valence-electron chi connectivity index (χ4n) is 3.76. The third-order valence-corrected chi connectivity index (χ3v) is 7.10. The Balaban J connectivity index is 1.28. The van der Waals surface area contributed by atoms with E-state index in [1.807, 2.05) is 35.0 Å². The predicted octanol–water partition coefficient (Wildman–Crippen LogP) is 5.31. The van der Waals surface area contributed by atoms with Gasteiger partial charge in [0.2, 0.25) is 0 Å². The van der Waals surface area contributed by atoms with E-state index < -0.39 is 18.5 Å². The summed E-state index contributed by atoms with van der Waals surface area (Å²) in [6, 6.07) is 18.6. The highest BCUT2D eigenvalue weighted by atomic mass is 32.1. The molecule has 172 valence electrons. The van der Waals surface area contributed by atoms with Crippen LogP contribution in [0.4, 0.5) is 5.69 Å². The molecule has 1 aliphatic carbocycles. The topological polar surface area (TPSA) is 89.5 Å². The number of nitrogens with one attached hydrogen (secondary N) is 1. The second-order valence-electron chi connectivity index (χ2n) is 7.64. The van der Waals surface area contributed by atoms with Crippen molar-refractivity contribution in [1.29, 1.82) is 0 Å². The largest absolute Gasteiger partial charge is 0.452 e. The molecule has 0 aliphatic heterocycles. The fourth-order valence-corrected chi connectivity index (χ4v) is 5.15. The Hall–Kier alpha value is -4.14. The van der Waals surface area contributed by atoms with Gasteiger partial charge < -0.3 is 10.1 Å². The summed E-state index contributed by atoms with van der Waals surface area (Å²) in [5.41, 5.74) is 1.91. The number of fused-ring (bicyclic) bond motifs is 2. The molecule has 1 amide bonds. The van der Waals surface area contributed by atoms with Crippen molar-refractivity contribution in [3.05, 3.63) is 109 Å². The molecule has 0 bridgehead atoms. The molecule has 2 heterocycles. The number of rotatable bonds is 6. The van der Waals surface area contributed by atoms with Crippen molar-refractivity contribution in [2.75, 3.05) is 11.9 Å². The molecule has 35 heavy (non-hydrogen) atoms. The SMILES string of the molecule is O=C(COC(=O)/C(=C/c1cccs1)c1cccs1)Nc1ccc2c(c1)C(=O)c1ccccc1C2=O. The molecule has 0 unspecified atom stereocenters. The van der Waals surface area contributed by atoms with Gasteiger partial charge in [-0.3, -0.25) is 14.4 Å². The van der Waals surface area contributed by atoms with Gasteiger partial charge in [-0.1, -0.05) is 36.4 Å². The number of carbonyl (C=O) groups excluding carboxylic acids is 4. The maximum absolute atomic E-state index is 12.9. The molecule has 0 radical (unpaired) electrons. The van der Waals surface area contributed by atoms with Gasteiger partial charge in [-0.05, 0) is 47.2 Å². The van der Waals surface area contributed by atoms with Crippen LogP contribution >= 0.6 is 22.7 Å². The molecule has 1 N–H and O–H groups in total. The molecule has 1 aliphatic rings. The highest BCUT2D eigenvalue weighted by Crippen LogP contribution is 2.29. The summed E-state index contributed by atoms with van der Waals surface area (Å²) in [5, 5.41) is 6.40. The minimum Gasteiger partial charge on any atom is -0.452 e. The maximum Gasteiger partial charge on any atom is 0.340 e. The zero-order chi connectivity index (χ0) is 24.4. The smallest absolute Gasteiger partial charge is 0.340 e. The molecule has 0 spiro atoms. The van der Waals surface area contributed by atoms with Gasteiger partial charge >= 0.3 is 5.97 Å². The quantitative estimate of drug-likeness (QED) is 0.253. The Bertz CT molecular complexity index is 1480. The molecule has 2 aromatic carbocycles. The molecule has 8 heteroatoms. The number of benzene rings is 2. The highest BCUT2D eigenvalue weighted by molar-refractivity contribution is 7.12. The summed E-state index contributed by atoms with van der Waals surface area (Å²) < 4.78 is 5.28. The summed E-state index contributed by atoms with van der Waals surface area (Å²) >= 11 is 2.89. The van der Waals surface area contributed by atoms with E-state index in [0.717, 1.165) is 9.75 Å². The van der Waals surface area contributed by atoms with Crippen LogP contribution in [0.15, 0.2) is 77.5 Å². The summed E-state index contributed by atoms with van der Waals surface area (Å²) in [6.45, 7) is -0.501. The first-order valence-electron chi connectivity index (χ1n) is 10.6. The molecular formula is C27H17NO5S2. The lowest BCUT2D eigenvalue weighted by Crippen LogP contribution is -2.23. The van der Waals surface area contributed by atoms with Crippen molar-refractivity contribution in [2.45, 2.75) is 0 Å². The second-order valence-corrected chi connectivity index (χ2v) is 9.57. The van der Waals surface area contributed by atoms with Crippen LogP contribution in [0.25, 0.3) is 11.6 Å². The third kappa shape index (κ3) is 4.62. The molecular weight excluding hydrogens is 482 g/mol. The Morgan fingerprint density at radius 2 is 1.49 bits per heavy atom. The van der Waals surface area contributed by atoms with E-state index in [-0.39, 0.29) is 22.7 Å². The van der Waals surface area contributed by atoms with Gasteiger partial charge in [0, 0.05) is 37.7 Å². The van der Waals surface area contributed by atoms with Crippen LogP contribution < -0.4 is 5.32 Å². The molecule has 0 fully saturated rings. The first kappa shape index (κ1) is 22.6. The van der Waals surface area contributed by atoms with Gasteiger partial charge in [-0.2, -0.15) is 0 Å². The van der Waals surface area contributed by atoms with E-state index in [1.54, 1.807) is 36.4 Å². The molecule has 0 saturated carbocycles. The van der Waals surface area contributed by atoms with Crippen LogP contribution in [0.1, 0.15) is 41.6 Å². The van der Waals surface area contributed by atoms with Crippen LogP contribution in [-0.4, -0.2) is 30.0 Å².